The first-order valence-corrected chi connectivity index (χ1v) is 8.23. The third-order valence-corrected chi connectivity index (χ3v) is 4.91. The minimum absolute atomic E-state index is 0.0603. The number of rotatable bonds is 4. The van der Waals surface area contributed by atoms with Crippen molar-refractivity contribution in [3.63, 3.8) is 0 Å². The largest absolute Gasteiger partial charge is 0.507 e. The molecule has 6 heteroatoms. The number of carbonyl (C=O) groups is 1. The zero-order valence-corrected chi connectivity index (χ0v) is 13.6. The van der Waals surface area contributed by atoms with Gasteiger partial charge in [-0.05, 0) is 11.6 Å². The van der Waals surface area contributed by atoms with E-state index >= 15 is 0 Å². The number of nitrogens with zero attached hydrogens (tertiary/aromatic N) is 1. The number of likely N-dealkylation sites (tertiary alicyclic amines) is 1. The minimum atomic E-state index is -0.786. The second-order valence-electron chi connectivity index (χ2n) is 6.49. The van der Waals surface area contributed by atoms with Crippen molar-refractivity contribution in [1.82, 2.24) is 4.90 Å². The van der Waals surface area contributed by atoms with Gasteiger partial charge in [-0.25, -0.2) is 0 Å². The summed E-state index contributed by atoms with van der Waals surface area (Å²) in [4.78, 5) is 13.8. The molecule has 0 saturated carbocycles. The monoisotopic (exact) mass is 341 g/mol. The van der Waals surface area contributed by atoms with E-state index in [-0.39, 0.29) is 18.5 Å². The molecule has 2 atom stereocenters. The predicted octanol–water partition coefficient (Wildman–Crippen LogP) is 2.42. The van der Waals surface area contributed by atoms with Gasteiger partial charge in [-0.15, -0.1) is 0 Å². The molecule has 6 nitrogen and oxygen atoms in total. The standard InChI is InChI=1S/C19H19NO5/c21-16-7-18-17(24-11-25-18)6-13(16)8-20-9-14(15(10-20)19(22)23)12-4-2-1-3-5-12/h1-7,14-15,21H,8-11H2,(H,22,23)/t14-,15+/m0/s1. The molecule has 4 rings (SSSR count). The molecule has 1 fully saturated rings. The summed E-state index contributed by atoms with van der Waals surface area (Å²) >= 11 is 0. The van der Waals surface area contributed by atoms with Gasteiger partial charge in [-0.3, -0.25) is 9.69 Å². The fraction of sp³-hybridized carbons (Fsp3) is 0.316. The van der Waals surface area contributed by atoms with Crippen LogP contribution in [0.4, 0.5) is 0 Å². The SMILES string of the molecule is O=C(O)[C@@H]1CN(Cc2cc3c(cc2O)OCO3)C[C@H]1c1ccccc1. The first-order valence-electron chi connectivity index (χ1n) is 8.23. The summed E-state index contributed by atoms with van der Waals surface area (Å²) in [5.41, 5.74) is 1.74. The van der Waals surface area contributed by atoms with E-state index in [1.165, 1.54) is 0 Å². The smallest absolute Gasteiger partial charge is 0.308 e. The van der Waals surface area contributed by atoms with Crippen LogP contribution in [0.2, 0.25) is 0 Å². The Morgan fingerprint density at radius 3 is 2.56 bits per heavy atom. The number of hydrogen-bond acceptors (Lipinski definition) is 5. The van der Waals surface area contributed by atoms with Crippen molar-refractivity contribution in [2.75, 3.05) is 19.9 Å². The lowest BCUT2D eigenvalue weighted by Gasteiger charge is -2.17. The molecule has 0 aliphatic carbocycles. The topological polar surface area (TPSA) is 79.2 Å². The number of phenolic OH excluding ortho intramolecular Hbond substituents is 1. The molecule has 1 saturated heterocycles. The van der Waals surface area contributed by atoms with E-state index in [0.717, 1.165) is 5.56 Å². The van der Waals surface area contributed by atoms with E-state index < -0.39 is 11.9 Å². The minimum Gasteiger partial charge on any atom is -0.507 e. The zero-order chi connectivity index (χ0) is 17.4. The van der Waals surface area contributed by atoms with Crippen molar-refractivity contribution in [1.29, 1.82) is 0 Å². The van der Waals surface area contributed by atoms with Gasteiger partial charge < -0.3 is 19.7 Å². The van der Waals surface area contributed by atoms with Gasteiger partial charge in [0.05, 0.1) is 5.92 Å². The fourth-order valence-corrected chi connectivity index (χ4v) is 3.64. The summed E-state index contributed by atoms with van der Waals surface area (Å²) in [6.45, 7) is 1.70. The van der Waals surface area contributed by atoms with Crippen molar-refractivity contribution in [3.05, 3.63) is 53.6 Å². The van der Waals surface area contributed by atoms with Crippen molar-refractivity contribution in [2.45, 2.75) is 12.5 Å². The molecule has 2 aromatic carbocycles. The van der Waals surface area contributed by atoms with Crippen LogP contribution in [-0.4, -0.2) is 41.0 Å². The van der Waals surface area contributed by atoms with Crippen LogP contribution < -0.4 is 9.47 Å². The summed E-state index contributed by atoms with van der Waals surface area (Å²) in [6, 6.07) is 13.1. The Bertz CT molecular complexity index is 792. The van der Waals surface area contributed by atoms with Crippen molar-refractivity contribution >= 4 is 5.97 Å². The lowest BCUT2D eigenvalue weighted by atomic mass is 9.89. The van der Waals surface area contributed by atoms with Crippen LogP contribution in [0.5, 0.6) is 17.2 Å². The Morgan fingerprint density at radius 2 is 1.84 bits per heavy atom. The van der Waals surface area contributed by atoms with Crippen LogP contribution in [0, 0.1) is 5.92 Å². The second kappa shape index (κ2) is 6.29. The number of aliphatic carboxylic acids is 1. The van der Waals surface area contributed by atoms with Gasteiger partial charge in [0.1, 0.15) is 5.75 Å². The number of carboxylic acid groups (broad SMARTS) is 1. The van der Waals surface area contributed by atoms with Crippen LogP contribution >= 0.6 is 0 Å². The first-order chi connectivity index (χ1) is 12.1. The molecule has 130 valence electrons. The Labute approximate surface area is 145 Å². The van der Waals surface area contributed by atoms with E-state index in [1.807, 2.05) is 30.3 Å². The average Bonchev–Trinajstić information content (AvgIpc) is 3.22. The average molecular weight is 341 g/mol. The maximum absolute atomic E-state index is 11.7. The first kappa shape index (κ1) is 15.8. The highest BCUT2D eigenvalue weighted by atomic mass is 16.7. The van der Waals surface area contributed by atoms with Crippen molar-refractivity contribution in [3.8, 4) is 17.2 Å². The summed E-state index contributed by atoms with van der Waals surface area (Å²) in [7, 11) is 0. The summed E-state index contributed by atoms with van der Waals surface area (Å²) in [6.07, 6.45) is 0. The van der Waals surface area contributed by atoms with Crippen LogP contribution in [-0.2, 0) is 11.3 Å². The highest BCUT2D eigenvalue weighted by Crippen LogP contribution is 2.39. The van der Waals surface area contributed by atoms with Gasteiger partial charge in [0.25, 0.3) is 0 Å². The lowest BCUT2D eigenvalue weighted by Crippen LogP contribution is -2.23. The quantitative estimate of drug-likeness (QED) is 0.889. The number of hydrogen-bond donors (Lipinski definition) is 2. The van der Waals surface area contributed by atoms with Crippen LogP contribution in [0.25, 0.3) is 0 Å². The molecule has 2 aliphatic heterocycles. The molecule has 2 N–H and O–H groups in total. The number of benzene rings is 2. The molecule has 0 amide bonds. The molecular formula is C19H19NO5. The molecule has 2 aliphatic rings. The van der Waals surface area contributed by atoms with Gasteiger partial charge in [0.15, 0.2) is 11.5 Å². The number of phenols is 1. The van der Waals surface area contributed by atoms with Crippen molar-refractivity contribution in [2.24, 2.45) is 5.92 Å². The highest BCUT2D eigenvalue weighted by molar-refractivity contribution is 5.72. The Kier molecular flexibility index (Phi) is 3.97. The van der Waals surface area contributed by atoms with Crippen molar-refractivity contribution < 1.29 is 24.5 Å². The number of carboxylic acids is 1. The fourth-order valence-electron chi connectivity index (χ4n) is 3.64. The molecule has 0 bridgehead atoms. The molecular weight excluding hydrogens is 322 g/mol. The second-order valence-corrected chi connectivity index (χ2v) is 6.49. The van der Waals surface area contributed by atoms with E-state index in [2.05, 4.69) is 4.90 Å². The van der Waals surface area contributed by atoms with E-state index in [1.54, 1.807) is 12.1 Å². The molecule has 0 spiro atoms. The van der Waals surface area contributed by atoms with Gasteiger partial charge >= 0.3 is 5.97 Å². The number of aromatic hydroxyl groups is 1. The lowest BCUT2D eigenvalue weighted by molar-refractivity contribution is -0.141. The molecule has 2 aromatic rings. The normalized spacial score (nSPS) is 22.2. The highest BCUT2D eigenvalue weighted by Gasteiger charge is 2.38. The van der Waals surface area contributed by atoms with Crippen LogP contribution in [0.15, 0.2) is 42.5 Å². The van der Waals surface area contributed by atoms with Crippen LogP contribution in [0.3, 0.4) is 0 Å². The maximum Gasteiger partial charge on any atom is 0.308 e. The maximum atomic E-state index is 11.7. The molecule has 2 heterocycles. The Hall–Kier alpha value is -2.73. The van der Waals surface area contributed by atoms with Gasteiger partial charge in [-0.2, -0.15) is 0 Å². The predicted molar refractivity (Wildman–Crippen MR) is 89.8 cm³/mol. The summed E-state index contributed by atoms with van der Waals surface area (Å²) in [5.74, 6) is -0.0198. The summed E-state index contributed by atoms with van der Waals surface area (Å²) < 4.78 is 10.6. The van der Waals surface area contributed by atoms with E-state index in [0.29, 0.717) is 36.7 Å². The number of fused-ring (bicyclic) bond motifs is 1. The van der Waals surface area contributed by atoms with E-state index in [9.17, 15) is 15.0 Å². The van der Waals surface area contributed by atoms with Gasteiger partial charge in [-0.1, -0.05) is 30.3 Å². The third-order valence-electron chi connectivity index (χ3n) is 4.91. The summed E-state index contributed by atoms with van der Waals surface area (Å²) in [5, 5.41) is 19.8. The van der Waals surface area contributed by atoms with Gasteiger partial charge in [0, 0.05) is 37.2 Å². The molecule has 0 unspecified atom stereocenters. The Balaban J connectivity index is 1.55. The Morgan fingerprint density at radius 1 is 1.12 bits per heavy atom. The van der Waals surface area contributed by atoms with Gasteiger partial charge in [0.2, 0.25) is 6.79 Å². The zero-order valence-electron chi connectivity index (χ0n) is 13.6. The third kappa shape index (κ3) is 3.00. The van der Waals surface area contributed by atoms with E-state index in [4.69, 9.17) is 9.47 Å². The molecule has 25 heavy (non-hydrogen) atoms. The molecule has 0 radical (unpaired) electrons. The molecule has 0 aromatic heterocycles. The number of ether oxygens (including phenoxy) is 2. The van der Waals surface area contributed by atoms with Crippen LogP contribution in [0.1, 0.15) is 17.0 Å².